The van der Waals surface area contributed by atoms with Crippen molar-refractivity contribution < 1.29 is 5.21 Å². The predicted octanol–water partition coefficient (Wildman–Crippen LogP) is 6.09. The van der Waals surface area contributed by atoms with Gasteiger partial charge in [-0.15, -0.1) is 10.3 Å². The molecule has 3 rings (SSSR count). The molecule has 0 aromatic heterocycles. The van der Waals surface area contributed by atoms with Crippen molar-refractivity contribution in [2.24, 2.45) is 0 Å². The molecule has 0 bridgehead atoms. The Hall–Kier alpha value is 0.0200. The van der Waals surface area contributed by atoms with E-state index in [0.717, 1.165) is 5.57 Å². The highest BCUT2D eigenvalue weighted by atomic mass is 32.2. The number of hydrogen-bond acceptors (Lipinski definition) is 5. The van der Waals surface area contributed by atoms with Crippen molar-refractivity contribution >= 4 is 47.0 Å². The quantitative estimate of drug-likeness (QED) is 0.587. The first-order chi connectivity index (χ1) is 10.3. The lowest BCUT2D eigenvalue weighted by Crippen LogP contribution is -2.46. The van der Waals surface area contributed by atoms with E-state index in [2.05, 4.69) is 34.5 Å². The van der Waals surface area contributed by atoms with Crippen LogP contribution in [-0.4, -0.2) is 16.1 Å². The third-order valence-electron chi connectivity index (χ3n) is 3.74. The van der Waals surface area contributed by atoms with Crippen LogP contribution in [0, 0.1) is 0 Å². The van der Waals surface area contributed by atoms with E-state index in [9.17, 15) is 5.21 Å². The Morgan fingerprint density at radius 1 is 1.00 bits per heavy atom. The average molecular weight is 369 g/mol. The second-order valence-corrected chi connectivity index (χ2v) is 10.6. The van der Waals surface area contributed by atoms with E-state index in [1.54, 1.807) is 35.3 Å². The van der Waals surface area contributed by atoms with Crippen molar-refractivity contribution in [3.05, 3.63) is 53.4 Å². The zero-order chi connectivity index (χ0) is 16.0. The zero-order valence-electron chi connectivity index (χ0n) is 13.0. The molecule has 0 unspecified atom stereocenters. The Bertz CT molecular complexity index is 631. The average Bonchev–Trinajstić information content (AvgIpc) is 3.14. The van der Waals surface area contributed by atoms with Crippen LogP contribution in [0.2, 0.25) is 0 Å². The third kappa shape index (κ3) is 3.14. The van der Waals surface area contributed by atoms with E-state index in [0.29, 0.717) is 0 Å². The maximum atomic E-state index is 12.4. The van der Waals surface area contributed by atoms with Crippen LogP contribution < -0.4 is 0 Å². The van der Waals surface area contributed by atoms with E-state index in [4.69, 9.17) is 0 Å². The largest absolute Gasteiger partial charge is 0.136 e. The molecule has 3 aliphatic rings. The Labute approximate surface area is 149 Å². The summed E-state index contributed by atoms with van der Waals surface area (Å²) in [7, 11) is 0. The summed E-state index contributed by atoms with van der Waals surface area (Å²) < 4.78 is 2.71. The Kier molecular flexibility index (Phi) is 4.71. The van der Waals surface area contributed by atoms with E-state index >= 15 is 0 Å². The molecule has 22 heavy (non-hydrogen) atoms. The topological polar surface area (TPSA) is 23.1 Å². The second kappa shape index (κ2) is 6.15. The van der Waals surface area contributed by atoms with Gasteiger partial charge in [0.1, 0.15) is 0 Å². The van der Waals surface area contributed by atoms with Crippen LogP contribution in [0.3, 0.4) is 0 Å². The summed E-state index contributed by atoms with van der Waals surface area (Å²) in [5, 5.41) is 20.0. The molecule has 1 radical (unpaired) electrons. The van der Waals surface area contributed by atoms with Crippen LogP contribution in [0.5, 0.6) is 0 Å². The maximum Gasteiger partial charge on any atom is 0.0700 e. The van der Waals surface area contributed by atoms with Crippen LogP contribution in [-0.2, 0) is 5.21 Å². The normalized spacial score (nSPS) is 27.1. The fourth-order valence-electron chi connectivity index (χ4n) is 2.61. The summed E-state index contributed by atoms with van der Waals surface area (Å²) in [6, 6.07) is 0. The van der Waals surface area contributed by atoms with Crippen LogP contribution in [0.4, 0.5) is 0 Å². The van der Waals surface area contributed by atoms with Gasteiger partial charge in [-0.25, -0.2) is 0 Å². The van der Waals surface area contributed by atoms with Crippen LogP contribution >= 0.6 is 47.0 Å². The number of allylic oxidation sites excluding steroid dienone is 1. The molecular formula is C16H18NOS4. The standard InChI is InChI=1S/C16H18NOS4/c1-15(2)9-11(16(3,4)17(15)18)5-6-12-10-21-14(22-12)13-19-7-8-20-13/h5-10H,1-4H3/b6-5+. The van der Waals surface area contributed by atoms with Gasteiger partial charge in [0.2, 0.25) is 0 Å². The Morgan fingerprint density at radius 3 is 2.27 bits per heavy atom. The minimum absolute atomic E-state index is 0.439. The maximum absolute atomic E-state index is 12.4. The van der Waals surface area contributed by atoms with Gasteiger partial charge >= 0.3 is 0 Å². The van der Waals surface area contributed by atoms with Crippen molar-refractivity contribution in [2.45, 2.75) is 38.8 Å². The van der Waals surface area contributed by atoms with Crippen molar-refractivity contribution in [1.82, 2.24) is 5.06 Å². The summed E-state index contributed by atoms with van der Waals surface area (Å²) >= 11 is 7.17. The first-order valence-corrected chi connectivity index (χ1v) is 10.4. The molecule has 0 aromatic rings. The van der Waals surface area contributed by atoms with Crippen LogP contribution in [0.1, 0.15) is 27.7 Å². The third-order valence-corrected chi connectivity index (χ3v) is 8.74. The highest BCUT2D eigenvalue weighted by Crippen LogP contribution is 2.53. The lowest BCUT2D eigenvalue weighted by Gasteiger charge is -2.33. The van der Waals surface area contributed by atoms with Gasteiger partial charge in [0, 0.05) is 4.91 Å². The molecule has 6 heteroatoms. The molecule has 0 N–H and O–H groups in total. The second-order valence-electron chi connectivity index (χ2n) is 6.26. The van der Waals surface area contributed by atoms with E-state index in [-0.39, 0.29) is 0 Å². The molecule has 0 saturated heterocycles. The molecule has 0 fully saturated rings. The van der Waals surface area contributed by atoms with Gasteiger partial charge in [-0.1, -0.05) is 59.2 Å². The summed E-state index contributed by atoms with van der Waals surface area (Å²) in [5.74, 6) is 0. The molecular weight excluding hydrogens is 350 g/mol. The van der Waals surface area contributed by atoms with Gasteiger partial charge in [0.05, 0.1) is 19.6 Å². The minimum atomic E-state index is -0.473. The van der Waals surface area contributed by atoms with E-state index < -0.39 is 11.1 Å². The van der Waals surface area contributed by atoms with Gasteiger partial charge in [-0.3, -0.25) is 0 Å². The SMILES string of the molecule is CC1(C)C=C(/C=C/C2=CSC(=C3SC=CS3)S2)C(C)(C)N1[O]. The zero-order valence-corrected chi connectivity index (χ0v) is 16.2. The van der Waals surface area contributed by atoms with Gasteiger partial charge in [-0.2, -0.15) is 0 Å². The van der Waals surface area contributed by atoms with Crippen LogP contribution in [0.15, 0.2) is 53.4 Å². The molecule has 0 aromatic carbocycles. The number of hydroxylamine groups is 2. The fraction of sp³-hybridized carbons (Fsp3) is 0.375. The van der Waals surface area contributed by atoms with Crippen molar-refractivity contribution in [3.63, 3.8) is 0 Å². The van der Waals surface area contributed by atoms with E-state index in [1.165, 1.54) is 18.4 Å². The smallest absolute Gasteiger partial charge is 0.0700 e. The Morgan fingerprint density at radius 2 is 1.68 bits per heavy atom. The minimum Gasteiger partial charge on any atom is -0.136 e. The highest BCUT2D eigenvalue weighted by molar-refractivity contribution is 8.33. The van der Waals surface area contributed by atoms with Gasteiger partial charge in [0.15, 0.2) is 0 Å². The van der Waals surface area contributed by atoms with Gasteiger partial charge < -0.3 is 0 Å². The monoisotopic (exact) mass is 368 g/mol. The van der Waals surface area contributed by atoms with E-state index in [1.807, 2.05) is 39.5 Å². The summed E-state index contributed by atoms with van der Waals surface area (Å²) in [6.07, 6.45) is 6.31. The number of hydrogen-bond donors (Lipinski definition) is 0. The fourth-order valence-corrected chi connectivity index (χ4v) is 6.96. The summed E-state index contributed by atoms with van der Waals surface area (Å²) in [4.78, 5) is 1.24. The number of nitrogens with zero attached hydrogens (tertiary/aromatic N) is 1. The summed E-state index contributed by atoms with van der Waals surface area (Å²) in [6.45, 7) is 7.90. The van der Waals surface area contributed by atoms with Crippen molar-refractivity contribution in [1.29, 1.82) is 0 Å². The molecule has 0 saturated carbocycles. The molecule has 117 valence electrons. The highest BCUT2D eigenvalue weighted by Gasteiger charge is 2.45. The molecule has 0 aliphatic carbocycles. The van der Waals surface area contributed by atoms with Crippen LogP contribution in [0.25, 0.3) is 0 Å². The Balaban J connectivity index is 1.72. The molecule has 0 spiro atoms. The lowest BCUT2D eigenvalue weighted by molar-refractivity contribution is -0.238. The molecule has 3 heterocycles. The van der Waals surface area contributed by atoms with Gasteiger partial charge in [-0.05, 0) is 55.6 Å². The lowest BCUT2D eigenvalue weighted by atomic mass is 9.96. The molecule has 0 atom stereocenters. The predicted molar refractivity (Wildman–Crippen MR) is 103 cm³/mol. The molecule has 0 amide bonds. The van der Waals surface area contributed by atoms with Gasteiger partial charge in [0.25, 0.3) is 0 Å². The van der Waals surface area contributed by atoms with Crippen molar-refractivity contribution in [2.75, 3.05) is 0 Å². The number of rotatable bonds is 2. The molecule has 3 aliphatic heterocycles. The number of thioether (sulfide) groups is 4. The summed E-state index contributed by atoms with van der Waals surface area (Å²) in [5.41, 5.74) is 0.177. The van der Waals surface area contributed by atoms with Crippen molar-refractivity contribution in [3.8, 4) is 0 Å². The first-order valence-electron chi connectivity index (χ1n) is 6.97. The first kappa shape index (κ1) is 16.9. The molecule has 2 nitrogen and oxygen atoms in total.